The van der Waals surface area contributed by atoms with Crippen LogP contribution in [0.25, 0.3) is 0 Å². The molecule has 0 unspecified atom stereocenters. The van der Waals surface area contributed by atoms with Crippen molar-refractivity contribution in [2.45, 2.75) is 30.9 Å². The molecule has 26 heavy (non-hydrogen) atoms. The van der Waals surface area contributed by atoms with Crippen LogP contribution in [0.2, 0.25) is 0 Å². The average Bonchev–Trinajstić information content (AvgIpc) is 3.11. The molecule has 8 heteroatoms. The summed E-state index contributed by atoms with van der Waals surface area (Å²) in [4.78, 5) is 24.2. The Labute approximate surface area is 157 Å². The van der Waals surface area contributed by atoms with Crippen LogP contribution in [0.5, 0.6) is 0 Å². The molecule has 0 aliphatic heterocycles. The topological polar surface area (TPSA) is 92.3 Å². The molecule has 0 bridgehead atoms. The Hall–Kier alpha value is -2.19. The van der Waals surface area contributed by atoms with E-state index in [0.29, 0.717) is 11.4 Å². The van der Waals surface area contributed by atoms with Gasteiger partial charge in [-0.05, 0) is 55.5 Å². The Balaban J connectivity index is 2.31. The number of carbonyl (C=O) groups is 2. The molecule has 2 N–H and O–H groups in total. The summed E-state index contributed by atoms with van der Waals surface area (Å²) in [5.74, 6) is -1.62. The molecule has 1 aromatic carbocycles. The quantitative estimate of drug-likeness (QED) is 0.734. The fourth-order valence-electron chi connectivity index (χ4n) is 2.40. The van der Waals surface area contributed by atoms with Gasteiger partial charge in [-0.15, -0.1) is 11.3 Å². The molecule has 2 aromatic rings. The van der Waals surface area contributed by atoms with Crippen LogP contribution in [0, 0.1) is 13.8 Å². The summed E-state index contributed by atoms with van der Waals surface area (Å²) >= 11 is 1.30. The van der Waals surface area contributed by atoms with Gasteiger partial charge in [0.25, 0.3) is 0 Å². The van der Waals surface area contributed by atoms with Gasteiger partial charge in [-0.3, -0.25) is 9.59 Å². The lowest BCUT2D eigenvalue weighted by molar-refractivity contribution is -0.139. The van der Waals surface area contributed by atoms with Crippen molar-refractivity contribution in [1.29, 1.82) is 0 Å². The van der Waals surface area contributed by atoms with Crippen LogP contribution in [-0.2, 0) is 19.4 Å². The number of carbonyl (C=O) groups excluding carboxylic acids is 2. The minimum absolute atomic E-state index is 0.175. The Morgan fingerprint density at radius 1 is 1.08 bits per heavy atom. The number of aryl methyl sites for hydroxylation is 2. The molecule has 0 aliphatic rings. The third-order valence-corrected chi connectivity index (χ3v) is 7.25. The second-order valence-corrected chi connectivity index (χ2v) is 8.97. The molecule has 0 spiro atoms. The first-order valence-electron chi connectivity index (χ1n) is 8.18. The van der Waals surface area contributed by atoms with Gasteiger partial charge < -0.3 is 10.6 Å². The van der Waals surface area contributed by atoms with Crippen LogP contribution < -0.4 is 10.6 Å². The van der Waals surface area contributed by atoms with E-state index < -0.39 is 26.9 Å². The second-order valence-electron chi connectivity index (χ2n) is 5.86. The van der Waals surface area contributed by atoms with E-state index >= 15 is 0 Å². The zero-order valence-electron chi connectivity index (χ0n) is 14.9. The molecular formula is C18H22N2O4S2. The molecule has 6 nitrogen and oxygen atoms in total. The predicted octanol–water partition coefficient (Wildman–Crippen LogP) is 2.13. The molecule has 1 aromatic heterocycles. The maximum atomic E-state index is 13.2. The van der Waals surface area contributed by atoms with Crippen molar-refractivity contribution in [3.63, 3.8) is 0 Å². The maximum Gasteiger partial charge on any atom is 0.309 e. The molecule has 1 atom stereocenters. The van der Waals surface area contributed by atoms with Gasteiger partial charge in [0, 0.05) is 18.0 Å². The highest BCUT2D eigenvalue weighted by molar-refractivity contribution is 7.91. The summed E-state index contributed by atoms with van der Waals surface area (Å²) in [5.41, 5.74) is 1.88. The first kappa shape index (κ1) is 20.1. The molecule has 0 radical (unpaired) electrons. The Morgan fingerprint density at radius 3 is 2.35 bits per heavy atom. The molecule has 1 heterocycles. The number of nitrogens with one attached hydrogen (secondary N) is 2. The summed E-state index contributed by atoms with van der Waals surface area (Å²) in [6.45, 7) is 5.61. The van der Waals surface area contributed by atoms with Gasteiger partial charge in [-0.25, -0.2) is 8.42 Å². The van der Waals surface area contributed by atoms with Crippen molar-refractivity contribution in [2.75, 3.05) is 13.1 Å². The van der Waals surface area contributed by atoms with E-state index in [1.54, 1.807) is 42.6 Å². The number of benzene rings is 1. The molecule has 2 rings (SSSR count). The molecule has 0 fully saturated rings. The number of sulfone groups is 1. The van der Waals surface area contributed by atoms with Crippen LogP contribution >= 0.6 is 11.3 Å². The van der Waals surface area contributed by atoms with Gasteiger partial charge >= 0.3 is 11.8 Å². The third kappa shape index (κ3) is 4.50. The molecule has 140 valence electrons. The SMILES string of the molecule is CCNC(=O)C(=O)NC[C@@H](c1cccs1)S(=O)(=O)c1ccc(C)c(C)c1. The highest BCUT2D eigenvalue weighted by atomic mass is 32.2. The zero-order valence-corrected chi connectivity index (χ0v) is 16.5. The monoisotopic (exact) mass is 394 g/mol. The normalized spacial score (nSPS) is 12.4. The fourth-order valence-corrected chi connectivity index (χ4v) is 5.27. The number of likely N-dealkylation sites (N-methyl/N-ethyl adjacent to an activating group) is 1. The molecule has 0 aliphatic carbocycles. The van der Waals surface area contributed by atoms with Crippen LogP contribution in [-0.4, -0.2) is 33.3 Å². The fraction of sp³-hybridized carbons (Fsp3) is 0.333. The van der Waals surface area contributed by atoms with Crippen LogP contribution in [0.15, 0.2) is 40.6 Å². The van der Waals surface area contributed by atoms with Crippen LogP contribution in [0.3, 0.4) is 0 Å². The minimum Gasteiger partial charge on any atom is -0.348 e. The van der Waals surface area contributed by atoms with Gasteiger partial charge in [0.15, 0.2) is 9.84 Å². The Morgan fingerprint density at radius 2 is 1.77 bits per heavy atom. The van der Waals surface area contributed by atoms with Crippen molar-refractivity contribution in [2.24, 2.45) is 0 Å². The highest BCUT2D eigenvalue weighted by Gasteiger charge is 2.31. The number of hydrogen-bond acceptors (Lipinski definition) is 5. The molecule has 0 saturated carbocycles. The molecule has 2 amide bonds. The lowest BCUT2D eigenvalue weighted by Crippen LogP contribution is -2.42. The van der Waals surface area contributed by atoms with Gasteiger partial charge in [0.05, 0.1) is 4.90 Å². The molecular weight excluding hydrogens is 372 g/mol. The maximum absolute atomic E-state index is 13.2. The van der Waals surface area contributed by atoms with Crippen LogP contribution in [0.1, 0.15) is 28.2 Å². The highest BCUT2D eigenvalue weighted by Crippen LogP contribution is 2.32. The summed E-state index contributed by atoms with van der Waals surface area (Å²) in [5, 5.41) is 5.65. The van der Waals surface area contributed by atoms with E-state index in [2.05, 4.69) is 10.6 Å². The number of amides is 2. The van der Waals surface area contributed by atoms with E-state index in [9.17, 15) is 18.0 Å². The summed E-state index contributed by atoms with van der Waals surface area (Å²) in [6, 6.07) is 8.45. The first-order chi connectivity index (χ1) is 12.3. The summed E-state index contributed by atoms with van der Waals surface area (Å²) < 4.78 is 26.3. The van der Waals surface area contributed by atoms with Gasteiger partial charge in [0.1, 0.15) is 5.25 Å². The average molecular weight is 395 g/mol. The summed E-state index contributed by atoms with van der Waals surface area (Å²) in [6.07, 6.45) is 0. The Kier molecular flexibility index (Phi) is 6.55. The first-order valence-corrected chi connectivity index (χ1v) is 10.6. The van der Waals surface area contributed by atoms with Crippen molar-refractivity contribution in [1.82, 2.24) is 10.6 Å². The van der Waals surface area contributed by atoms with Gasteiger partial charge in [-0.2, -0.15) is 0 Å². The van der Waals surface area contributed by atoms with Gasteiger partial charge in [-0.1, -0.05) is 12.1 Å². The largest absolute Gasteiger partial charge is 0.348 e. The minimum atomic E-state index is -3.73. The van der Waals surface area contributed by atoms with E-state index in [1.807, 2.05) is 13.8 Å². The lowest BCUT2D eigenvalue weighted by atomic mass is 10.1. The van der Waals surface area contributed by atoms with Gasteiger partial charge in [0.2, 0.25) is 0 Å². The standard InChI is InChI=1S/C18H22N2O4S2/c1-4-19-17(21)18(22)20-11-16(15-6-5-9-25-15)26(23,24)14-8-7-12(2)13(3)10-14/h5-10,16H,4,11H2,1-3H3,(H,19,21)(H,20,22)/t16-/m0/s1. The predicted molar refractivity (Wildman–Crippen MR) is 102 cm³/mol. The van der Waals surface area contributed by atoms with E-state index in [4.69, 9.17) is 0 Å². The third-order valence-electron chi connectivity index (χ3n) is 4.03. The van der Waals surface area contributed by atoms with Crippen LogP contribution in [0.4, 0.5) is 0 Å². The van der Waals surface area contributed by atoms with E-state index in [0.717, 1.165) is 11.1 Å². The van der Waals surface area contributed by atoms with Crippen molar-refractivity contribution >= 4 is 33.0 Å². The van der Waals surface area contributed by atoms with Crippen molar-refractivity contribution in [3.05, 3.63) is 51.7 Å². The molecule has 0 saturated heterocycles. The number of hydrogen-bond donors (Lipinski definition) is 2. The zero-order chi connectivity index (χ0) is 19.3. The van der Waals surface area contributed by atoms with E-state index in [-0.39, 0.29) is 11.4 Å². The van der Waals surface area contributed by atoms with Crippen molar-refractivity contribution < 1.29 is 18.0 Å². The lowest BCUT2D eigenvalue weighted by Gasteiger charge is -2.18. The van der Waals surface area contributed by atoms with Crippen molar-refractivity contribution in [3.8, 4) is 0 Å². The van der Waals surface area contributed by atoms with E-state index in [1.165, 1.54) is 11.3 Å². The summed E-state index contributed by atoms with van der Waals surface area (Å²) in [7, 11) is -3.73. The second kappa shape index (κ2) is 8.46. The smallest absolute Gasteiger partial charge is 0.309 e. The Bertz CT molecular complexity index is 890. The number of rotatable bonds is 6. The number of thiophene rings is 1.